The fourth-order valence-corrected chi connectivity index (χ4v) is 5.63. The minimum Gasteiger partial charge on any atom is -0.486 e. The van der Waals surface area contributed by atoms with Gasteiger partial charge in [-0.25, -0.2) is 17.9 Å². The molecule has 0 bridgehead atoms. The Balaban J connectivity index is 1.60. The van der Waals surface area contributed by atoms with E-state index in [0.717, 1.165) is 5.56 Å². The molecule has 1 aliphatic carbocycles. The molecule has 2 aliphatic rings. The summed E-state index contributed by atoms with van der Waals surface area (Å²) in [6, 6.07) is 11.9. The summed E-state index contributed by atoms with van der Waals surface area (Å²) in [5.74, 6) is -0.324. The minimum absolute atomic E-state index is 0.137. The molecule has 28 heavy (non-hydrogen) atoms. The van der Waals surface area contributed by atoms with Crippen LogP contribution < -0.4 is 14.2 Å². The Labute approximate surface area is 163 Å². The van der Waals surface area contributed by atoms with Gasteiger partial charge in [-0.2, -0.15) is 0 Å². The number of carboxylic acids is 1. The smallest absolute Gasteiger partial charge is 0.341 e. The fraction of sp³-hybridized carbons (Fsp3) is 0.350. The first kappa shape index (κ1) is 18.8. The third-order valence-corrected chi connectivity index (χ3v) is 6.92. The van der Waals surface area contributed by atoms with Crippen LogP contribution in [0, 0.1) is 6.92 Å². The number of ether oxygens (including phenoxy) is 2. The average Bonchev–Trinajstić information content (AvgIpc) is 3.20. The fourth-order valence-electron chi connectivity index (χ4n) is 4.09. The van der Waals surface area contributed by atoms with Crippen LogP contribution in [0.1, 0.15) is 29.9 Å². The first-order valence-electron chi connectivity index (χ1n) is 9.09. The highest BCUT2D eigenvalue weighted by Crippen LogP contribution is 2.51. The van der Waals surface area contributed by atoms with Gasteiger partial charge in [0.1, 0.15) is 6.10 Å². The van der Waals surface area contributed by atoms with Gasteiger partial charge >= 0.3 is 5.97 Å². The van der Waals surface area contributed by atoms with Crippen LogP contribution in [0.5, 0.6) is 11.5 Å². The van der Waals surface area contributed by atoms with Gasteiger partial charge in [-0.15, -0.1) is 0 Å². The molecule has 148 valence electrons. The maximum atomic E-state index is 12.9. The molecule has 3 unspecified atom stereocenters. The second-order valence-electron chi connectivity index (χ2n) is 7.11. The summed E-state index contributed by atoms with van der Waals surface area (Å²) in [5.41, 5.74) is 1.54. The summed E-state index contributed by atoms with van der Waals surface area (Å²) >= 11 is 0. The van der Waals surface area contributed by atoms with Crippen molar-refractivity contribution in [1.82, 2.24) is 4.72 Å². The molecule has 1 saturated carbocycles. The van der Waals surface area contributed by atoms with Crippen LogP contribution in [0.15, 0.2) is 47.4 Å². The lowest BCUT2D eigenvalue weighted by atomic mass is 9.94. The van der Waals surface area contributed by atoms with Crippen LogP contribution in [-0.2, 0) is 14.8 Å². The third kappa shape index (κ3) is 3.33. The molecule has 1 aliphatic heterocycles. The van der Waals surface area contributed by atoms with Crippen LogP contribution in [0.3, 0.4) is 0 Å². The quantitative estimate of drug-likeness (QED) is 0.768. The second-order valence-corrected chi connectivity index (χ2v) is 8.79. The van der Waals surface area contributed by atoms with Gasteiger partial charge in [0.15, 0.2) is 18.1 Å². The number of nitrogens with one attached hydrogen (secondary N) is 1. The van der Waals surface area contributed by atoms with E-state index in [4.69, 9.17) is 14.6 Å². The zero-order valence-electron chi connectivity index (χ0n) is 15.3. The summed E-state index contributed by atoms with van der Waals surface area (Å²) in [4.78, 5) is 11.1. The Morgan fingerprint density at radius 3 is 2.75 bits per heavy atom. The molecule has 0 saturated heterocycles. The molecule has 2 aromatic carbocycles. The molecule has 1 fully saturated rings. The number of para-hydroxylation sites is 1. The summed E-state index contributed by atoms with van der Waals surface area (Å²) in [6.07, 6.45) is 1.22. The normalized spacial score (nSPS) is 23.0. The number of fused-ring (bicyclic) bond motifs is 3. The monoisotopic (exact) mass is 403 g/mol. The Morgan fingerprint density at radius 1 is 1.21 bits per heavy atom. The topological polar surface area (TPSA) is 102 Å². The summed E-state index contributed by atoms with van der Waals surface area (Å²) in [6.45, 7) is 1.31. The van der Waals surface area contributed by atoms with Crippen molar-refractivity contribution < 1.29 is 27.8 Å². The number of sulfonamides is 1. The lowest BCUT2D eigenvalue weighted by Crippen LogP contribution is -2.37. The van der Waals surface area contributed by atoms with E-state index in [1.807, 2.05) is 6.07 Å². The summed E-state index contributed by atoms with van der Waals surface area (Å²) < 4.78 is 40.0. The highest BCUT2D eigenvalue weighted by Gasteiger charge is 2.47. The Bertz CT molecular complexity index is 1020. The van der Waals surface area contributed by atoms with Gasteiger partial charge in [0.05, 0.1) is 4.90 Å². The number of hydrogen-bond acceptors (Lipinski definition) is 5. The van der Waals surface area contributed by atoms with Gasteiger partial charge in [0, 0.05) is 17.5 Å². The van der Waals surface area contributed by atoms with E-state index in [1.165, 1.54) is 0 Å². The zero-order valence-corrected chi connectivity index (χ0v) is 16.1. The van der Waals surface area contributed by atoms with Crippen LogP contribution >= 0.6 is 0 Å². The van der Waals surface area contributed by atoms with Gasteiger partial charge in [0.2, 0.25) is 10.0 Å². The van der Waals surface area contributed by atoms with Crippen LogP contribution in [0.2, 0.25) is 0 Å². The van der Waals surface area contributed by atoms with Gasteiger partial charge in [-0.05, 0) is 37.5 Å². The molecule has 0 spiro atoms. The number of benzene rings is 2. The number of aliphatic carboxylic acids is 1. The lowest BCUT2D eigenvalue weighted by molar-refractivity contribution is -0.139. The van der Waals surface area contributed by atoms with Crippen molar-refractivity contribution in [3.8, 4) is 11.5 Å². The zero-order chi connectivity index (χ0) is 19.9. The lowest BCUT2D eigenvalue weighted by Gasteiger charge is -2.20. The van der Waals surface area contributed by atoms with Crippen LogP contribution in [-0.4, -0.2) is 38.2 Å². The largest absolute Gasteiger partial charge is 0.486 e. The molecular formula is C20H21NO6S. The Kier molecular flexibility index (Phi) is 4.76. The maximum absolute atomic E-state index is 12.9. The highest BCUT2D eigenvalue weighted by molar-refractivity contribution is 7.89. The number of carboxylic acid groups (broad SMARTS) is 1. The number of aryl methyl sites for hydroxylation is 1. The molecule has 0 aromatic heterocycles. The predicted octanol–water partition coefficient (Wildman–Crippen LogP) is 2.44. The number of rotatable bonds is 6. The van der Waals surface area contributed by atoms with Crippen LogP contribution in [0.25, 0.3) is 0 Å². The summed E-state index contributed by atoms with van der Waals surface area (Å²) in [5, 5.41) is 8.84. The molecule has 3 atom stereocenters. The standard InChI is InChI=1S/C20H21NO6S/c1-12-5-2-3-8-17(12)28(24,25)21-14-9-10-15-19(14)13-6-4-7-16(20(13)27-15)26-11-18(22)23/h2-8,14-15,19,21H,9-11H2,1H3,(H,22,23). The first-order valence-corrected chi connectivity index (χ1v) is 10.6. The predicted molar refractivity (Wildman–Crippen MR) is 101 cm³/mol. The van der Waals surface area contributed by atoms with Crippen molar-refractivity contribution in [2.45, 2.75) is 42.7 Å². The van der Waals surface area contributed by atoms with E-state index in [0.29, 0.717) is 29.9 Å². The van der Waals surface area contributed by atoms with E-state index in [1.54, 1.807) is 43.3 Å². The van der Waals surface area contributed by atoms with Gasteiger partial charge in [-0.1, -0.05) is 30.3 Å². The first-order chi connectivity index (χ1) is 13.4. The Hall–Kier alpha value is -2.58. The van der Waals surface area contributed by atoms with Gasteiger partial charge < -0.3 is 14.6 Å². The van der Waals surface area contributed by atoms with Crippen molar-refractivity contribution in [2.24, 2.45) is 0 Å². The molecule has 1 heterocycles. The van der Waals surface area contributed by atoms with Crippen molar-refractivity contribution in [3.05, 3.63) is 53.6 Å². The molecular weight excluding hydrogens is 382 g/mol. The molecule has 2 aromatic rings. The van der Waals surface area contributed by atoms with E-state index in [9.17, 15) is 13.2 Å². The molecule has 8 heteroatoms. The minimum atomic E-state index is -3.66. The molecule has 0 amide bonds. The van der Waals surface area contributed by atoms with Crippen molar-refractivity contribution in [1.29, 1.82) is 0 Å². The van der Waals surface area contributed by atoms with Crippen LogP contribution in [0.4, 0.5) is 0 Å². The maximum Gasteiger partial charge on any atom is 0.341 e. The van der Waals surface area contributed by atoms with Gasteiger partial charge in [0.25, 0.3) is 0 Å². The number of hydrogen-bond donors (Lipinski definition) is 2. The van der Waals surface area contributed by atoms with Gasteiger partial charge in [-0.3, -0.25) is 0 Å². The second kappa shape index (κ2) is 7.10. The number of carbonyl (C=O) groups is 1. The van der Waals surface area contributed by atoms with Crippen molar-refractivity contribution >= 4 is 16.0 Å². The molecule has 7 nitrogen and oxygen atoms in total. The third-order valence-electron chi connectivity index (χ3n) is 5.27. The summed E-state index contributed by atoms with van der Waals surface area (Å²) in [7, 11) is -3.66. The van der Waals surface area contributed by atoms with E-state index in [2.05, 4.69) is 4.72 Å². The SMILES string of the molecule is Cc1ccccc1S(=O)(=O)NC1CCC2Oc3c(OCC(=O)O)cccc3C12. The Morgan fingerprint density at radius 2 is 2.00 bits per heavy atom. The molecule has 4 rings (SSSR count). The average molecular weight is 403 g/mol. The molecule has 2 N–H and O–H groups in total. The highest BCUT2D eigenvalue weighted by atomic mass is 32.2. The van der Waals surface area contributed by atoms with Crippen molar-refractivity contribution in [3.63, 3.8) is 0 Å². The van der Waals surface area contributed by atoms with E-state index < -0.39 is 22.6 Å². The van der Waals surface area contributed by atoms with E-state index in [-0.39, 0.29) is 23.0 Å². The molecule has 0 radical (unpaired) electrons. The van der Waals surface area contributed by atoms with Crippen molar-refractivity contribution in [2.75, 3.05) is 6.61 Å². The van der Waals surface area contributed by atoms with E-state index >= 15 is 0 Å².